The van der Waals surface area contributed by atoms with E-state index in [4.69, 9.17) is 5.11 Å². The van der Waals surface area contributed by atoms with Gasteiger partial charge in [-0.2, -0.15) is 0 Å². The second-order valence-electron chi connectivity index (χ2n) is 1.09. The lowest BCUT2D eigenvalue weighted by atomic mass is 10.4. The first-order valence-electron chi connectivity index (χ1n) is 1.53. The van der Waals surface area contributed by atoms with E-state index in [2.05, 4.69) is 6.58 Å². The molecule has 2 nitrogen and oxygen atoms in total. The van der Waals surface area contributed by atoms with Crippen LogP contribution in [0.25, 0.3) is 0 Å². The molecular formula is C4H7FO2. The minimum absolute atomic E-state index is 0. The molecular weight excluding hydrogens is 99.0 g/mol. The zero-order valence-electron chi connectivity index (χ0n) is 3.97. The van der Waals surface area contributed by atoms with Crippen molar-refractivity contribution in [2.75, 3.05) is 0 Å². The summed E-state index contributed by atoms with van der Waals surface area (Å²) < 4.78 is 0. The first kappa shape index (κ1) is 9.46. The van der Waals surface area contributed by atoms with Gasteiger partial charge in [-0.05, 0) is 6.92 Å². The molecule has 0 rings (SSSR count). The number of carboxylic acids is 1. The Morgan fingerprint density at radius 2 is 1.86 bits per heavy atom. The average molecular weight is 106 g/mol. The molecule has 1 N–H and O–H groups in total. The van der Waals surface area contributed by atoms with Crippen LogP contribution in [0.3, 0.4) is 0 Å². The molecule has 0 aromatic rings. The molecule has 0 aromatic carbocycles. The monoisotopic (exact) mass is 106 g/mol. The zero-order valence-corrected chi connectivity index (χ0v) is 3.97. The predicted octanol–water partition coefficient (Wildman–Crippen LogP) is 0.800. The third kappa shape index (κ3) is 5.14. The van der Waals surface area contributed by atoms with Gasteiger partial charge in [0.1, 0.15) is 0 Å². The zero-order chi connectivity index (χ0) is 5.15. The average Bonchev–Trinajstić information content (AvgIpc) is 1.36. The minimum Gasteiger partial charge on any atom is -0.478 e. The molecule has 0 saturated carbocycles. The number of rotatable bonds is 1. The lowest BCUT2D eigenvalue weighted by molar-refractivity contribution is -0.132. The third-order valence-electron chi connectivity index (χ3n) is 0.365. The fourth-order valence-electron chi connectivity index (χ4n) is 0. The summed E-state index contributed by atoms with van der Waals surface area (Å²) in [5, 5.41) is 7.89. The van der Waals surface area contributed by atoms with E-state index < -0.39 is 5.97 Å². The Hall–Kier alpha value is -0.860. The van der Waals surface area contributed by atoms with Gasteiger partial charge in [-0.1, -0.05) is 6.58 Å². The predicted molar refractivity (Wildman–Crippen MR) is 25.0 cm³/mol. The summed E-state index contributed by atoms with van der Waals surface area (Å²) in [5.41, 5.74) is 0.176. The van der Waals surface area contributed by atoms with Crippen molar-refractivity contribution in [1.29, 1.82) is 0 Å². The van der Waals surface area contributed by atoms with E-state index in [0.29, 0.717) is 0 Å². The van der Waals surface area contributed by atoms with E-state index in [0.717, 1.165) is 0 Å². The second-order valence-corrected chi connectivity index (χ2v) is 1.09. The molecule has 0 aliphatic heterocycles. The van der Waals surface area contributed by atoms with Crippen molar-refractivity contribution in [3.05, 3.63) is 12.2 Å². The molecule has 0 aromatic heterocycles. The standard InChI is InChI=1S/C4H6O2.FH/c1-3(2)4(5)6;/h1H2,2H3,(H,5,6);1H. The first-order chi connectivity index (χ1) is 2.64. The van der Waals surface area contributed by atoms with Gasteiger partial charge in [-0.3, -0.25) is 4.70 Å². The van der Waals surface area contributed by atoms with Gasteiger partial charge in [0, 0.05) is 5.57 Å². The van der Waals surface area contributed by atoms with Crippen LogP contribution in [0.4, 0.5) is 4.70 Å². The summed E-state index contributed by atoms with van der Waals surface area (Å²) in [7, 11) is 0. The molecule has 0 saturated heterocycles. The van der Waals surface area contributed by atoms with Crippen molar-refractivity contribution in [3.63, 3.8) is 0 Å². The van der Waals surface area contributed by atoms with Crippen LogP contribution in [-0.4, -0.2) is 11.1 Å². The molecule has 0 aliphatic rings. The van der Waals surface area contributed by atoms with Crippen molar-refractivity contribution in [2.45, 2.75) is 6.92 Å². The van der Waals surface area contributed by atoms with Gasteiger partial charge in [0.05, 0.1) is 0 Å². The Bertz CT molecular complexity index is 75.7. The number of hydrogen-bond acceptors (Lipinski definition) is 1. The molecule has 0 heterocycles. The largest absolute Gasteiger partial charge is 0.478 e. The summed E-state index contributed by atoms with van der Waals surface area (Å²) in [6.07, 6.45) is 0. The fraction of sp³-hybridized carbons (Fsp3) is 0.250. The number of hydrogen-bond donors (Lipinski definition) is 1. The van der Waals surface area contributed by atoms with Crippen LogP contribution in [0.2, 0.25) is 0 Å². The molecule has 0 fully saturated rings. The van der Waals surface area contributed by atoms with Crippen molar-refractivity contribution in [2.24, 2.45) is 0 Å². The molecule has 0 spiro atoms. The fourth-order valence-corrected chi connectivity index (χ4v) is 0. The van der Waals surface area contributed by atoms with E-state index in [1.54, 1.807) is 0 Å². The van der Waals surface area contributed by atoms with Crippen molar-refractivity contribution in [1.82, 2.24) is 0 Å². The van der Waals surface area contributed by atoms with Crippen LogP contribution >= 0.6 is 0 Å². The van der Waals surface area contributed by atoms with Gasteiger partial charge >= 0.3 is 5.97 Å². The van der Waals surface area contributed by atoms with E-state index in [1.165, 1.54) is 6.92 Å². The molecule has 7 heavy (non-hydrogen) atoms. The lowest BCUT2D eigenvalue weighted by Gasteiger charge is -1.79. The van der Waals surface area contributed by atoms with E-state index >= 15 is 0 Å². The highest BCUT2D eigenvalue weighted by Gasteiger charge is 1.90. The maximum atomic E-state index is 9.60. The van der Waals surface area contributed by atoms with Crippen LogP contribution in [0.1, 0.15) is 6.92 Å². The number of carboxylic acid groups (broad SMARTS) is 1. The van der Waals surface area contributed by atoms with Crippen molar-refractivity contribution >= 4 is 5.97 Å². The molecule has 0 aliphatic carbocycles. The van der Waals surface area contributed by atoms with Gasteiger partial charge in [0.15, 0.2) is 0 Å². The van der Waals surface area contributed by atoms with Gasteiger partial charge < -0.3 is 5.11 Å². The van der Waals surface area contributed by atoms with Gasteiger partial charge in [0.2, 0.25) is 0 Å². The maximum absolute atomic E-state index is 9.60. The molecule has 0 atom stereocenters. The molecule has 0 radical (unpaired) electrons. The Balaban J connectivity index is 0. The van der Waals surface area contributed by atoms with E-state index in [1.807, 2.05) is 0 Å². The molecule has 0 bridgehead atoms. The van der Waals surface area contributed by atoms with E-state index in [-0.39, 0.29) is 10.3 Å². The summed E-state index contributed by atoms with van der Waals surface area (Å²) >= 11 is 0. The van der Waals surface area contributed by atoms with Gasteiger partial charge in [-0.25, -0.2) is 4.79 Å². The van der Waals surface area contributed by atoms with Crippen molar-refractivity contribution in [3.8, 4) is 0 Å². The highest BCUT2D eigenvalue weighted by Crippen LogP contribution is 1.81. The van der Waals surface area contributed by atoms with Crippen LogP contribution < -0.4 is 0 Å². The Morgan fingerprint density at radius 3 is 1.86 bits per heavy atom. The smallest absolute Gasteiger partial charge is 0.330 e. The Kier molecular flexibility index (Phi) is 4.51. The van der Waals surface area contributed by atoms with Crippen molar-refractivity contribution < 1.29 is 14.6 Å². The Morgan fingerprint density at radius 1 is 1.71 bits per heavy atom. The van der Waals surface area contributed by atoms with Crippen LogP contribution in [0, 0.1) is 0 Å². The topological polar surface area (TPSA) is 37.3 Å². The van der Waals surface area contributed by atoms with Crippen LogP contribution in [0.15, 0.2) is 12.2 Å². The molecule has 42 valence electrons. The third-order valence-corrected chi connectivity index (χ3v) is 0.365. The summed E-state index contributed by atoms with van der Waals surface area (Å²) in [6, 6.07) is 0. The summed E-state index contributed by atoms with van der Waals surface area (Å²) in [5.74, 6) is -0.935. The second kappa shape index (κ2) is 3.33. The quantitative estimate of drug-likeness (QED) is 0.502. The molecule has 0 unspecified atom stereocenters. The normalized spacial score (nSPS) is 6.43. The SMILES string of the molecule is C=C(C)C(=O)O.F. The Labute approximate surface area is 40.8 Å². The first-order valence-corrected chi connectivity index (χ1v) is 1.53. The number of halogens is 1. The van der Waals surface area contributed by atoms with Gasteiger partial charge in [-0.15, -0.1) is 0 Å². The van der Waals surface area contributed by atoms with Gasteiger partial charge in [0.25, 0.3) is 0 Å². The highest BCUT2D eigenvalue weighted by atomic mass is 19.0. The molecule has 3 heteroatoms. The summed E-state index contributed by atoms with van der Waals surface area (Å²) in [6.45, 7) is 4.60. The highest BCUT2D eigenvalue weighted by molar-refractivity contribution is 5.84. The van der Waals surface area contributed by atoms with Crippen LogP contribution in [0.5, 0.6) is 0 Å². The number of carbonyl (C=O) groups is 1. The number of aliphatic carboxylic acids is 1. The maximum Gasteiger partial charge on any atom is 0.330 e. The minimum atomic E-state index is -0.935. The molecule has 0 amide bonds. The summed E-state index contributed by atoms with van der Waals surface area (Å²) in [4.78, 5) is 9.60. The lowest BCUT2D eigenvalue weighted by Crippen LogP contribution is -1.92. The van der Waals surface area contributed by atoms with E-state index in [9.17, 15) is 4.79 Å². The van der Waals surface area contributed by atoms with Crippen LogP contribution in [-0.2, 0) is 4.79 Å².